The Morgan fingerprint density at radius 1 is 1.18 bits per heavy atom. The average molecular weight is 240 g/mol. The summed E-state index contributed by atoms with van der Waals surface area (Å²) >= 11 is 0. The predicted molar refractivity (Wildman–Crippen MR) is 71.3 cm³/mol. The van der Waals surface area contributed by atoms with Crippen molar-refractivity contribution in [3.05, 3.63) is 0 Å². The molecule has 1 N–H and O–H groups in total. The lowest BCUT2D eigenvalue weighted by Gasteiger charge is -2.35. The molecule has 17 heavy (non-hydrogen) atoms. The van der Waals surface area contributed by atoms with Gasteiger partial charge in [0.15, 0.2) is 0 Å². The van der Waals surface area contributed by atoms with Crippen LogP contribution in [0.3, 0.4) is 0 Å². The van der Waals surface area contributed by atoms with E-state index >= 15 is 0 Å². The molecule has 2 saturated heterocycles. The Bertz CT molecular complexity index is 222. The summed E-state index contributed by atoms with van der Waals surface area (Å²) < 4.78 is 6.11. The van der Waals surface area contributed by atoms with Crippen molar-refractivity contribution >= 4 is 0 Å². The number of nitrogens with zero attached hydrogens (tertiary/aromatic N) is 1. The molecule has 0 amide bonds. The van der Waals surface area contributed by atoms with Crippen molar-refractivity contribution in [1.29, 1.82) is 0 Å². The zero-order chi connectivity index (χ0) is 12.1. The van der Waals surface area contributed by atoms with Crippen LogP contribution >= 0.6 is 0 Å². The number of piperidine rings is 1. The maximum atomic E-state index is 6.11. The first-order chi connectivity index (χ1) is 8.29. The number of ether oxygens (including phenoxy) is 1. The molecular weight excluding hydrogens is 212 g/mol. The SMILES string of the molecule is CCNCC1CCC(CN2CCCCC2C)O1. The standard InChI is InChI=1S/C14H28N2O/c1-3-15-10-13-7-8-14(17-13)11-16-9-5-4-6-12(16)2/h12-15H,3-11H2,1-2H3. The molecule has 0 saturated carbocycles. The molecule has 3 atom stereocenters. The van der Waals surface area contributed by atoms with E-state index in [-0.39, 0.29) is 0 Å². The summed E-state index contributed by atoms with van der Waals surface area (Å²) in [4.78, 5) is 2.63. The van der Waals surface area contributed by atoms with Crippen LogP contribution in [0.15, 0.2) is 0 Å². The van der Waals surface area contributed by atoms with Crippen LogP contribution in [0.4, 0.5) is 0 Å². The van der Waals surface area contributed by atoms with E-state index in [0.717, 1.165) is 25.7 Å². The highest BCUT2D eigenvalue weighted by molar-refractivity contribution is 4.81. The van der Waals surface area contributed by atoms with Crippen LogP contribution in [0.5, 0.6) is 0 Å². The van der Waals surface area contributed by atoms with Crippen LogP contribution in [0, 0.1) is 0 Å². The Morgan fingerprint density at radius 3 is 2.76 bits per heavy atom. The van der Waals surface area contributed by atoms with Gasteiger partial charge in [-0.2, -0.15) is 0 Å². The Morgan fingerprint density at radius 2 is 2.00 bits per heavy atom. The van der Waals surface area contributed by atoms with E-state index in [4.69, 9.17) is 4.74 Å². The zero-order valence-electron chi connectivity index (χ0n) is 11.5. The predicted octanol–water partition coefficient (Wildman–Crippen LogP) is 2.02. The molecule has 0 radical (unpaired) electrons. The largest absolute Gasteiger partial charge is 0.372 e. The van der Waals surface area contributed by atoms with Crippen LogP contribution < -0.4 is 5.32 Å². The number of hydrogen-bond acceptors (Lipinski definition) is 3. The lowest BCUT2D eigenvalue weighted by atomic mass is 10.0. The van der Waals surface area contributed by atoms with Gasteiger partial charge in [0.2, 0.25) is 0 Å². The molecule has 2 fully saturated rings. The smallest absolute Gasteiger partial charge is 0.0707 e. The van der Waals surface area contributed by atoms with Gasteiger partial charge >= 0.3 is 0 Å². The third-order valence-electron chi connectivity index (χ3n) is 4.20. The fraction of sp³-hybridized carbons (Fsp3) is 1.00. The molecule has 0 aromatic rings. The second-order valence-electron chi connectivity index (χ2n) is 5.60. The normalized spacial score (nSPS) is 35.3. The Balaban J connectivity index is 1.69. The lowest BCUT2D eigenvalue weighted by Crippen LogP contribution is -2.42. The van der Waals surface area contributed by atoms with Gasteiger partial charge in [0.1, 0.15) is 0 Å². The molecule has 2 rings (SSSR count). The minimum atomic E-state index is 0.458. The molecule has 2 heterocycles. The van der Waals surface area contributed by atoms with Gasteiger partial charge in [-0.15, -0.1) is 0 Å². The van der Waals surface area contributed by atoms with E-state index in [1.807, 2.05) is 0 Å². The minimum absolute atomic E-state index is 0.458. The first-order valence-electron chi connectivity index (χ1n) is 7.39. The Kier molecular flexibility index (Phi) is 5.26. The molecule has 0 aromatic carbocycles. The first kappa shape index (κ1) is 13.3. The maximum Gasteiger partial charge on any atom is 0.0707 e. The van der Waals surface area contributed by atoms with E-state index < -0.39 is 0 Å². The summed E-state index contributed by atoms with van der Waals surface area (Å²) in [5.74, 6) is 0. The Labute approximate surface area is 106 Å². The van der Waals surface area contributed by atoms with Crippen molar-refractivity contribution in [2.24, 2.45) is 0 Å². The Hall–Kier alpha value is -0.120. The molecule has 0 bridgehead atoms. The minimum Gasteiger partial charge on any atom is -0.372 e. The molecule has 2 aliphatic rings. The molecule has 3 heteroatoms. The lowest BCUT2D eigenvalue weighted by molar-refractivity contribution is 0.00996. The molecule has 0 aliphatic carbocycles. The second kappa shape index (κ2) is 6.72. The summed E-state index contributed by atoms with van der Waals surface area (Å²) in [5, 5.41) is 3.38. The summed E-state index contributed by atoms with van der Waals surface area (Å²) in [6.07, 6.45) is 7.58. The quantitative estimate of drug-likeness (QED) is 0.795. The van der Waals surface area contributed by atoms with Crippen LogP contribution in [0.25, 0.3) is 0 Å². The van der Waals surface area contributed by atoms with Crippen LogP contribution in [0.1, 0.15) is 46.0 Å². The molecule has 3 unspecified atom stereocenters. The highest BCUT2D eigenvalue weighted by Gasteiger charge is 2.28. The van der Waals surface area contributed by atoms with Crippen molar-refractivity contribution in [3.8, 4) is 0 Å². The summed E-state index contributed by atoms with van der Waals surface area (Å²) in [6, 6.07) is 0.764. The van der Waals surface area contributed by atoms with E-state index in [1.165, 1.54) is 38.6 Å². The van der Waals surface area contributed by atoms with Crippen molar-refractivity contribution < 1.29 is 4.74 Å². The fourth-order valence-corrected chi connectivity index (χ4v) is 3.06. The first-order valence-corrected chi connectivity index (χ1v) is 7.39. The topological polar surface area (TPSA) is 24.5 Å². The average Bonchev–Trinajstić information content (AvgIpc) is 2.77. The zero-order valence-corrected chi connectivity index (χ0v) is 11.5. The van der Waals surface area contributed by atoms with E-state index in [0.29, 0.717) is 12.2 Å². The van der Waals surface area contributed by atoms with Crippen molar-refractivity contribution in [3.63, 3.8) is 0 Å². The second-order valence-corrected chi connectivity index (χ2v) is 5.60. The van der Waals surface area contributed by atoms with Crippen LogP contribution in [-0.2, 0) is 4.74 Å². The number of likely N-dealkylation sites (N-methyl/N-ethyl adjacent to an activating group) is 1. The third kappa shape index (κ3) is 3.94. The van der Waals surface area contributed by atoms with Gasteiger partial charge in [0.25, 0.3) is 0 Å². The van der Waals surface area contributed by atoms with Gasteiger partial charge < -0.3 is 10.1 Å². The van der Waals surface area contributed by atoms with Gasteiger partial charge in [-0.05, 0) is 45.7 Å². The molecule has 100 valence electrons. The van der Waals surface area contributed by atoms with Gasteiger partial charge in [-0.25, -0.2) is 0 Å². The van der Waals surface area contributed by atoms with Gasteiger partial charge in [0, 0.05) is 19.1 Å². The summed E-state index contributed by atoms with van der Waals surface area (Å²) in [6.45, 7) is 9.03. The highest BCUT2D eigenvalue weighted by Crippen LogP contribution is 2.23. The van der Waals surface area contributed by atoms with Crippen LogP contribution in [-0.4, -0.2) is 49.3 Å². The van der Waals surface area contributed by atoms with Gasteiger partial charge in [-0.1, -0.05) is 13.3 Å². The molecule has 3 nitrogen and oxygen atoms in total. The summed E-state index contributed by atoms with van der Waals surface area (Å²) in [5.41, 5.74) is 0. The van der Waals surface area contributed by atoms with E-state index in [9.17, 15) is 0 Å². The molecule has 0 aromatic heterocycles. The summed E-state index contributed by atoms with van der Waals surface area (Å²) in [7, 11) is 0. The number of likely N-dealkylation sites (tertiary alicyclic amines) is 1. The fourth-order valence-electron chi connectivity index (χ4n) is 3.06. The monoisotopic (exact) mass is 240 g/mol. The van der Waals surface area contributed by atoms with Gasteiger partial charge in [-0.3, -0.25) is 4.90 Å². The van der Waals surface area contributed by atoms with Gasteiger partial charge in [0.05, 0.1) is 12.2 Å². The van der Waals surface area contributed by atoms with Crippen molar-refractivity contribution in [1.82, 2.24) is 10.2 Å². The number of hydrogen-bond donors (Lipinski definition) is 1. The third-order valence-corrected chi connectivity index (χ3v) is 4.20. The van der Waals surface area contributed by atoms with Crippen molar-refractivity contribution in [2.75, 3.05) is 26.2 Å². The highest BCUT2D eigenvalue weighted by atomic mass is 16.5. The van der Waals surface area contributed by atoms with Crippen molar-refractivity contribution in [2.45, 2.75) is 64.2 Å². The molecule has 2 aliphatic heterocycles. The van der Waals surface area contributed by atoms with E-state index in [2.05, 4.69) is 24.1 Å². The van der Waals surface area contributed by atoms with E-state index in [1.54, 1.807) is 0 Å². The molecule has 0 spiro atoms. The number of rotatable bonds is 5. The number of nitrogens with one attached hydrogen (secondary N) is 1. The maximum absolute atomic E-state index is 6.11. The molecular formula is C14H28N2O. The van der Waals surface area contributed by atoms with Crippen LogP contribution in [0.2, 0.25) is 0 Å².